The van der Waals surface area contributed by atoms with Crippen LogP contribution in [0.4, 0.5) is 0 Å². The van der Waals surface area contributed by atoms with Crippen molar-refractivity contribution in [1.82, 2.24) is 21.4 Å². The zero-order valence-corrected chi connectivity index (χ0v) is 17.9. The second-order valence-corrected chi connectivity index (χ2v) is 8.91. The smallest absolute Gasteiger partial charge is 0.251 e. The van der Waals surface area contributed by atoms with Crippen LogP contribution >= 0.6 is 0 Å². The Labute approximate surface area is 177 Å². The molecule has 0 aliphatic heterocycles. The number of nitrogens with zero attached hydrogens (tertiary/aromatic N) is 1. The highest BCUT2D eigenvalue weighted by Gasteiger charge is 2.40. The van der Waals surface area contributed by atoms with Crippen LogP contribution in [0.25, 0.3) is 0 Å². The van der Waals surface area contributed by atoms with Gasteiger partial charge in [0.25, 0.3) is 5.96 Å². The second-order valence-electron chi connectivity index (χ2n) is 8.91. The number of hydrogen-bond acceptors (Lipinski definition) is 5. The molecule has 2 saturated carbocycles. The lowest BCUT2D eigenvalue weighted by Crippen LogP contribution is -2.47. The Hall–Kier alpha value is -2.39. The van der Waals surface area contributed by atoms with E-state index in [1.54, 1.807) is 12.0 Å². The first kappa shape index (κ1) is 23.9. The molecule has 0 aromatic carbocycles. The van der Waals surface area contributed by atoms with Gasteiger partial charge in [0.1, 0.15) is 6.04 Å². The molecule has 2 amide bonds. The predicted molar refractivity (Wildman–Crippen MR) is 112 cm³/mol. The van der Waals surface area contributed by atoms with Gasteiger partial charge in [0.15, 0.2) is 5.03 Å². The predicted octanol–water partition coefficient (Wildman–Crippen LogP) is 1.71. The lowest BCUT2D eigenvalue weighted by molar-refractivity contribution is -0.525. The molecule has 10 nitrogen and oxygen atoms in total. The maximum absolute atomic E-state index is 12.6. The molecular weight excluding hydrogens is 388 g/mol. The lowest BCUT2D eigenvalue weighted by atomic mass is 9.86. The summed E-state index contributed by atoms with van der Waals surface area (Å²) in [6.07, 6.45) is 6.91. The summed E-state index contributed by atoms with van der Waals surface area (Å²) in [6.45, 7) is 6.10. The molecule has 0 heterocycles. The van der Waals surface area contributed by atoms with E-state index < -0.39 is 17.0 Å². The van der Waals surface area contributed by atoms with Crippen molar-refractivity contribution in [3.05, 3.63) is 16.7 Å². The number of amides is 2. The number of hydrazine groups is 1. The van der Waals surface area contributed by atoms with Crippen LogP contribution in [0.1, 0.15) is 65.2 Å². The Balaban J connectivity index is 1.79. The molecule has 1 radical (unpaired) electrons. The molecule has 169 valence electrons. The van der Waals surface area contributed by atoms with Gasteiger partial charge in [-0.25, -0.2) is 10.1 Å². The highest BCUT2D eigenvalue weighted by atomic mass is 16.7. The number of hydrogen-bond donors (Lipinski definition) is 5. The molecule has 0 aromatic rings. The number of rotatable bonds is 12. The maximum Gasteiger partial charge on any atom is 0.251 e. The number of nitrogens with one attached hydrogen (secondary N) is 5. The van der Waals surface area contributed by atoms with Crippen LogP contribution in [0, 0.1) is 45.7 Å². The lowest BCUT2D eigenvalue weighted by Gasteiger charge is -2.23. The van der Waals surface area contributed by atoms with E-state index in [-0.39, 0.29) is 18.4 Å². The van der Waals surface area contributed by atoms with Crippen molar-refractivity contribution in [1.29, 1.82) is 5.41 Å². The third-order valence-electron chi connectivity index (χ3n) is 5.99. The Morgan fingerprint density at radius 1 is 1.27 bits per heavy atom. The molecule has 10 heteroatoms. The number of carbonyl (C=O) groups excluding carboxylic acids is 2. The molecule has 5 N–H and O–H groups in total. The van der Waals surface area contributed by atoms with Crippen molar-refractivity contribution in [2.45, 2.75) is 71.3 Å². The standard InChI is InChI=1S/C20H35N6O4/c1-13(2)7-9-22-19(28)17(4-3-8-23-20(21)25-26(29)30)24-18(27)12-16-11-14-5-6-15(16)10-14/h9,13-17H,3-8,10-12H2,1-2H3,(H,22,28)(H,24,27)(H3,21,23,25)/t14?,15-,16?,17+/m1/s1. The Morgan fingerprint density at radius 3 is 2.63 bits per heavy atom. The number of nitro groups is 1. The summed E-state index contributed by atoms with van der Waals surface area (Å²) in [5.41, 5.74) is 1.72. The Bertz CT molecular complexity index is 626. The zero-order chi connectivity index (χ0) is 22.1. The molecule has 2 aliphatic carbocycles. The summed E-state index contributed by atoms with van der Waals surface area (Å²) >= 11 is 0. The summed E-state index contributed by atoms with van der Waals surface area (Å²) in [7, 11) is 0. The summed E-state index contributed by atoms with van der Waals surface area (Å²) in [5.74, 6) is 1.51. The van der Waals surface area contributed by atoms with Crippen LogP contribution in [0.3, 0.4) is 0 Å². The van der Waals surface area contributed by atoms with Gasteiger partial charge in [-0.05, 0) is 62.2 Å². The molecule has 0 aromatic heterocycles. The van der Waals surface area contributed by atoms with E-state index in [0.29, 0.717) is 37.0 Å². The van der Waals surface area contributed by atoms with Crippen molar-refractivity contribution < 1.29 is 14.6 Å². The first-order valence-electron chi connectivity index (χ1n) is 10.9. The summed E-state index contributed by atoms with van der Waals surface area (Å²) < 4.78 is 0. The molecule has 2 bridgehead atoms. The van der Waals surface area contributed by atoms with Gasteiger partial charge in [-0.2, -0.15) is 0 Å². The van der Waals surface area contributed by atoms with Crippen molar-refractivity contribution >= 4 is 17.8 Å². The molecule has 2 rings (SSSR count). The number of guanidine groups is 1. The van der Waals surface area contributed by atoms with E-state index in [4.69, 9.17) is 5.41 Å². The van der Waals surface area contributed by atoms with E-state index >= 15 is 0 Å². The monoisotopic (exact) mass is 423 g/mol. The van der Waals surface area contributed by atoms with Crippen molar-refractivity contribution in [3.8, 4) is 0 Å². The Morgan fingerprint density at radius 2 is 2.03 bits per heavy atom. The molecule has 30 heavy (non-hydrogen) atoms. The minimum absolute atomic E-state index is 0.0905. The SMILES string of the molecule is CC(C)C[CH]NC(=O)[C@H](CCCNC(=N)N[N+](=O)[O-])NC(=O)CC1CC2CC[C@@H]1C2. The van der Waals surface area contributed by atoms with Gasteiger partial charge in [-0.1, -0.05) is 25.7 Å². The number of carbonyl (C=O) groups is 2. The molecule has 0 saturated heterocycles. The molecule has 2 fully saturated rings. The molecule has 2 aliphatic rings. The highest BCUT2D eigenvalue weighted by Crippen LogP contribution is 2.49. The third-order valence-corrected chi connectivity index (χ3v) is 5.99. The van der Waals surface area contributed by atoms with Gasteiger partial charge < -0.3 is 16.0 Å². The summed E-state index contributed by atoms with van der Waals surface area (Å²) in [5, 5.41) is 25.1. The quantitative estimate of drug-likeness (QED) is 0.106. The van der Waals surface area contributed by atoms with Gasteiger partial charge in [0.2, 0.25) is 11.8 Å². The molecule has 2 unspecified atom stereocenters. The van der Waals surface area contributed by atoms with Crippen molar-refractivity contribution in [2.75, 3.05) is 6.54 Å². The van der Waals surface area contributed by atoms with Gasteiger partial charge in [0, 0.05) is 19.5 Å². The van der Waals surface area contributed by atoms with E-state index in [9.17, 15) is 19.7 Å². The fraction of sp³-hybridized carbons (Fsp3) is 0.800. The van der Waals surface area contributed by atoms with Gasteiger partial charge in [0.05, 0.1) is 0 Å². The van der Waals surface area contributed by atoms with Crippen LogP contribution in [0.2, 0.25) is 0 Å². The van der Waals surface area contributed by atoms with Gasteiger partial charge in [-0.3, -0.25) is 15.0 Å². The van der Waals surface area contributed by atoms with E-state index in [1.807, 2.05) is 0 Å². The first-order chi connectivity index (χ1) is 14.2. The first-order valence-corrected chi connectivity index (χ1v) is 10.9. The summed E-state index contributed by atoms with van der Waals surface area (Å²) in [4.78, 5) is 35.5. The topological polar surface area (TPSA) is 149 Å². The Kier molecular flexibility index (Phi) is 9.32. The van der Waals surface area contributed by atoms with Crippen LogP contribution in [-0.4, -0.2) is 35.4 Å². The molecule has 4 atom stereocenters. The maximum atomic E-state index is 12.6. The van der Waals surface area contributed by atoms with E-state index in [1.165, 1.54) is 19.3 Å². The van der Waals surface area contributed by atoms with Gasteiger partial charge >= 0.3 is 0 Å². The largest absolute Gasteiger partial charge is 0.352 e. The van der Waals surface area contributed by atoms with E-state index in [0.717, 1.165) is 18.8 Å². The van der Waals surface area contributed by atoms with Crippen LogP contribution in [0.5, 0.6) is 0 Å². The van der Waals surface area contributed by atoms with E-state index in [2.05, 4.69) is 29.8 Å². The van der Waals surface area contributed by atoms with Crippen LogP contribution in [0.15, 0.2) is 0 Å². The fourth-order valence-corrected chi connectivity index (χ4v) is 4.53. The van der Waals surface area contributed by atoms with Crippen molar-refractivity contribution in [2.24, 2.45) is 23.7 Å². The molecule has 0 spiro atoms. The highest BCUT2D eigenvalue weighted by molar-refractivity contribution is 5.88. The van der Waals surface area contributed by atoms with Gasteiger partial charge in [-0.15, -0.1) is 0 Å². The van der Waals surface area contributed by atoms with Crippen molar-refractivity contribution in [3.63, 3.8) is 0 Å². The average molecular weight is 424 g/mol. The normalized spacial score (nSPS) is 23.1. The van der Waals surface area contributed by atoms with Crippen LogP contribution in [-0.2, 0) is 9.59 Å². The summed E-state index contributed by atoms with van der Waals surface area (Å²) in [6, 6.07) is -0.668. The second kappa shape index (κ2) is 11.7. The average Bonchev–Trinajstić information content (AvgIpc) is 3.26. The number of fused-ring (bicyclic) bond motifs is 2. The zero-order valence-electron chi connectivity index (χ0n) is 17.9. The molecular formula is C20H35N6O4. The fourth-order valence-electron chi connectivity index (χ4n) is 4.53. The minimum Gasteiger partial charge on any atom is -0.352 e. The third kappa shape index (κ3) is 8.16. The van der Waals surface area contributed by atoms with Crippen LogP contribution < -0.4 is 21.4 Å². The minimum atomic E-state index is -0.813.